The van der Waals surface area contributed by atoms with Crippen molar-refractivity contribution in [2.75, 3.05) is 0 Å². The molecule has 0 saturated heterocycles. The van der Waals surface area contributed by atoms with Crippen LogP contribution in [0.1, 0.15) is 52.9 Å². The van der Waals surface area contributed by atoms with E-state index in [-0.39, 0.29) is 18.0 Å². The molecule has 3 nitrogen and oxygen atoms in total. The number of nitrogens with two attached hydrogens (primary N) is 1. The van der Waals surface area contributed by atoms with Gasteiger partial charge in [-0.25, -0.2) is 0 Å². The van der Waals surface area contributed by atoms with Gasteiger partial charge >= 0.3 is 0 Å². The third-order valence-corrected chi connectivity index (χ3v) is 2.05. The van der Waals surface area contributed by atoms with Gasteiger partial charge in [0.1, 0.15) is 5.60 Å². The first-order valence-electron chi connectivity index (χ1n) is 5.33. The molecule has 2 N–H and O–H groups in total. The van der Waals surface area contributed by atoms with Crippen LogP contribution in [0.4, 0.5) is 0 Å². The minimum Gasteiger partial charge on any atom is -0.462 e. The van der Waals surface area contributed by atoms with Crippen LogP contribution in [-0.2, 0) is 9.53 Å². The smallest absolute Gasteiger partial charge is 0.293 e. The Kier molecular flexibility index (Phi) is 10.3. The molecule has 0 unspecified atom stereocenters. The average molecular weight is 238 g/mol. The number of carbonyl (C=O) groups excluding carboxylic acids is 1. The van der Waals surface area contributed by atoms with Gasteiger partial charge in [-0.05, 0) is 33.6 Å². The Balaban J connectivity index is 0. The molecule has 4 heteroatoms. The molecule has 0 spiro atoms. The maximum absolute atomic E-state index is 9.60. The van der Waals surface area contributed by atoms with E-state index in [4.69, 9.17) is 5.73 Å². The highest BCUT2D eigenvalue weighted by atomic mass is 35.5. The van der Waals surface area contributed by atoms with Crippen molar-refractivity contribution in [1.82, 2.24) is 0 Å². The first-order valence-corrected chi connectivity index (χ1v) is 5.33. The molecule has 0 bridgehead atoms. The molecule has 92 valence electrons. The monoisotopic (exact) mass is 237 g/mol. The molecule has 1 saturated carbocycles. The van der Waals surface area contributed by atoms with Crippen molar-refractivity contribution >= 4 is 18.9 Å². The third-order valence-electron chi connectivity index (χ3n) is 2.05. The van der Waals surface area contributed by atoms with Crippen molar-refractivity contribution in [3.63, 3.8) is 0 Å². The van der Waals surface area contributed by atoms with E-state index >= 15 is 0 Å². The number of halogens is 1. The summed E-state index contributed by atoms with van der Waals surface area (Å²) in [7, 11) is 0. The van der Waals surface area contributed by atoms with Gasteiger partial charge in [0.15, 0.2) is 0 Å². The zero-order valence-electron chi connectivity index (χ0n) is 9.99. The summed E-state index contributed by atoms with van der Waals surface area (Å²) < 4.78 is 4.55. The predicted molar refractivity (Wildman–Crippen MR) is 65.2 cm³/mol. The normalized spacial score (nSPS) is 16.8. The van der Waals surface area contributed by atoms with Crippen LogP contribution in [0, 0.1) is 0 Å². The lowest BCUT2D eigenvalue weighted by Gasteiger charge is -2.15. The van der Waals surface area contributed by atoms with Crippen LogP contribution in [-0.4, -0.2) is 18.1 Å². The molecule has 0 atom stereocenters. The van der Waals surface area contributed by atoms with Gasteiger partial charge in [-0.1, -0.05) is 19.3 Å². The van der Waals surface area contributed by atoms with Gasteiger partial charge in [-0.3, -0.25) is 4.79 Å². The van der Waals surface area contributed by atoms with E-state index in [1.54, 1.807) is 0 Å². The van der Waals surface area contributed by atoms with Crippen LogP contribution in [0.2, 0.25) is 0 Å². The molecule has 15 heavy (non-hydrogen) atoms. The molecular formula is C11H24ClNO2. The molecule has 1 aliphatic rings. The molecule has 0 aromatic heterocycles. The molecule has 0 amide bonds. The molecule has 1 aliphatic carbocycles. The van der Waals surface area contributed by atoms with Crippen molar-refractivity contribution < 1.29 is 9.53 Å². The van der Waals surface area contributed by atoms with E-state index in [2.05, 4.69) is 4.74 Å². The minimum atomic E-state index is -0.318. The standard InChI is InChI=1S/C6H13N.C5H10O2.ClH/c7-6-4-2-1-3-5-6;1-5(2,3)7-4-6;/h6H,1-5,7H2;4H,1-3H3;1H. The fourth-order valence-corrected chi connectivity index (χ4v) is 1.28. The SMILES string of the molecule is CC(C)(C)OC=O.Cl.NC1CCCCC1. The molecule has 0 aromatic carbocycles. The molecule has 0 heterocycles. The number of carbonyl (C=O) groups is 1. The van der Waals surface area contributed by atoms with E-state index in [0.717, 1.165) is 0 Å². The Morgan fingerprint density at radius 1 is 1.20 bits per heavy atom. The maximum Gasteiger partial charge on any atom is 0.293 e. The summed E-state index contributed by atoms with van der Waals surface area (Å²) >= 11 is 0. The topological polar surface area (TPSA) is 52.3 Å². The zero-order chi connectivity index (χ0) is 11.0. The van der Waals surface area contributed by atoms with Crippen LogP contribution < -0.4 is 5.73 Å². The lowest BCUT2D eigenvalue weighted by molar-refractivity contribution is -0.138. The molecule has 0 radical (unpaired) electrons. The highest BCUT2D eigenvalue weighted by Crippen LogP contribution is 2.14. The second kappa shape index (κ2) is 8.98. The Hall–Kier alpha value is -0.280. The average Bonchev–Trinajstić information content (AvgIpc) is 2.04. The van der Waals surface area contributed by atoms with Crippen LogP contribution in [0.5, 0.6) is 0 Å². The van der Waals surface area contributed by atoms with Crippen LogP contribution in [0.3, 0.4) is 0 Å². The second-order valence-corrected chi connectivity index (χ2v) is 4.72. The summed E-state index contributed by atoms with van der Waals surface area (Å²) in [6.07, 6.45) is 6.66. The van der Waals surface area contributed by atoms with Crippen LogP contribution >= 0.6 is 12.4 Å². The van der Waals surface area contributed by atoms with Gasteiger partial charge < -0.3 is 10.5 Å². The lowest BCUT2D eigenvalue weighted by atomic mass is 9.97. The first-order chi connectivity index (χ1) is 6.45. The summed E-state index contributed by atoms with van der Waals surface area (Å²) in [5.74, 6) is 0. The Morgan fingerprint density at radius 3 is 1.80 bits per heavy atom. The van der Waals surface area contributed by atoms with Gasteiger partial charge in [0, 0.05) is 6.04 Å². The fourth-order valence-electron chi connectivity index (χ4n) is 1.28. The van der Waals surface area contributed by atoms with Gasteiger partial charge in [0.2, 0.25) is 0 Å². The number of hydrogen-bond donors (Lipinski definition) is 1. The molecule has 1 rings (SSSR count). The summed E-state index contributed by atoms with van der Waals surface area (Å²) in [6, 6.07) is 0.536. The Bertz CT molecular complexity index is 151. The molecule has 0 aliphatic heterocycles. The first kappa shape index (κ1) is 17.1. The summed E-state index contributed by atoms with van der Waals surface area (Å²) in [6.45, 7) is 5.92. The van der Waals surface area contributed by atoms with Gasteiger partial charge in [-0.2, -0.15) is 0 Å². The third kappa shape index (κ3) is 13.7. The van der Waals surface area contributed by atoms with Crippen molar-refractivity contribution in [1.29, 1.82) is 0 Å². The van der Waals surface area contributed by atoms with Crippen molar-refractivity contribution in [3.8, 4) is 0 Å². The van der Waals surface area contributed by atoms with Crippen molar-refractivity contribution in [2.24, 2.45) is 5.73 Å². The molecular weight excluding hydrogens is 214 g/mol. The highest BCUT2D eigenvalue weighted by molar-refractivity contribution is 5.85. The van der Waals surface area contributed by atoms with Gasteiger partial charge in [0.25, 0.3) is 6.47 Å². The number of hydrogen-bond acceptors (Lipinski definition) is 3. The maximum atomic E-state index is 9.60. The van der Waals surface area contributed by atoms with E-state index in [0.29, 0.717) is 12.5 Å². The van der Waals surface area contributed by atoms with Crippen LogP contribution in [0.25, 0.3) is 0 Å². The van der Waals surface area contributed by atoms with E-state index < -0.39 is 0 Å². The second-order valence-electron chi connectivity index (χ2n) is 4.72. The van der Waals surface area contributed by atoms with Crippen molar-refractivity contribution in [2.45, 2.75) is 64.5 Å². The number of ether oxygens (including phenoxy) is 1. The minimum absolute atomic E-state index is 0. The summed E-state index contributed by atoms with van der Waals surface area (Å²) in [5.41, 5.74) is 5.32. The Labute approximate surface area is 99.2 Å². The van der Waals surface area contributed by atoms with Gasteiger partial charge in [-0.15, -0.1) is 12.4 Å². The highest BCUT2D eigenvalue weighted by Gasteiger charge is 2.07. The lowest BCUT2D eigenvalue weighted by Crippen LogP contribution is -2.22. The van der Waals surface area contributed by atoms with E-state index in [1.807, 2.05) is 20.8 Å². The Morgan fingerprint density at radius 2 is 1.67 bits per heavy atom. The van der Waals surface area contributed by atoms with E-state index in [9.17, 15) is 4.79 Å². The molecule has 0 aromatic rings. The zero-order valence-corrected chi connectivity index (χ0v) is 10.8. The van der Waals surface area contributed by atoms with E-state index in [1.165, 1.54) is 32.1 Å². The predicted octanol–water partition coefficient (Wildman–Crippen LogP) is 2.66. The quantitative estimate of drug-likeness (QED) is 0.714. The molecule has 1 fully saturated rings. The summed E-state index contributed by atoms with van der Waals surface area (Å²) in [4.78, 5) is 9.60. The largest absolute Gasteiger partial charge is 0.462 e. The van der Waals surface area contributed by atoms with Crippen LogP contribution in [0.15, 0.2) is 0 Å². The fraction of sp³-hybridized carbons (Fsp3) is 0.909. The number of rotatable bonds is 1. The van der Waals surface area contributed by atoms with Crippen molar-refractivity contribution in [3.05, 3.63) is 0 Å². The van der Waals surface area contributed by atoms with Gasteiger partial charge in [0.05, 0.1) is 0 Å². The summed E-state index contributed by atoms with van der Waals surface area (Å²) in [5, 5.41) is 0.